The van der Waals surface area contributed by atoms with E-state index in [9.17, 15) is 9.59 Å². The quantitative estimate of drug-likeness (QED) is 0.637. The van der Waals surface area contributed by atoms with Gasteiger partial charge in [-0.2, -0.15) is 0 Å². The van der Waals surface area contributed by atoms with E-state index in [1.165, 1.54) is 6.26 Å². The average Bonchev–Trinajstić information content (AvgIpc) is 3.15. The van der Waals surface area contributed by atoms with Gasteiger partial charge in [-0.25, -0.2) is 4.98 Å². The maximum atomic E-state index is 12.4. The third-order valence-electron chi connectivity index (χ3n) is 4.10. The molecule has 1 amide bonds. The summed E-state index contributed by atoms with van der Waals surface area (Å²) in [6.45, 7) is 0. The van der Waals surface area contributed by atoms with Crippen LogP contribution in [0, 0.1) is 0 Å². The molecule has 6 nitrogen and oxygen atoms in total. The fraction of sp³-hybridized carbons (Fsp3) is 0.190. The summed E-state index contributed by atoms with van der Waals surface area (Å²) in [5, 5.41) is 11.9. The highest BCUT2D eigenvalue weighted by atomic mass is 16.4. The van der Waals surface area contributed by atoms with Gasteiger partial charge in [0.1, 0.15) is 6.26 Å². The minimum atomic E-state index is -0.894. The van der Waals surface area contributed by atoms with Crippen molar-refractivity contribution in [3.8, 4) is 11.5 Å². The Labute approximate surface area is 156 Å². The molecule has 2 N–H and O–H groups in total. The number of carboxylic acid groups (broad SMARTS) is 1. The number of nitrogens with zero attached hydrogens (tertiary/aromatic N) is 1. The minimum Gasteiger partial charge on any atom is -0.481 e. The first-order valence-electron chi connectivity index (χ1n) is 8.68. The minimum absolute atomic E-state index is 0.0258. The van der Waals surface area contributed by atoms with Gasteiger partial charge >= 0.3 is 5.97 Å². The lowest BCUT2D eigenvalue weighted by Gasteiger charge is -2.18. The summed E-state index contributed by atoms with van der Waals surface area (Å²) < 4.78 is 5.45. The predicted octanol–water partition coefficient (Wildman–Crippen LogP) is 3.61. The van der Waals surface area contributed by atoms with E-state index >= 15 is 0 Å². The molecule has 1 unspecified atom stereocenters. The van der Waals surface area contributed by atoms with Crippen LogP contribution in [0.4, 0.5) is 0 Å². The second-order valence-electron chi connectivity index (χ2n) is 6.15. The van der Waals surface area contributed by atoms with Crippen LogP contribution in [0.25, 0.3) is 11.5 Å². The molecule has 0 fully saturated rings. The van der Waals surface area contributed by atoms with Crippen molar-refractivity contribution in [2.24, 2.45) is 0 Å². The molecule has 0 aliphatic rings. The van der Waals surface area contributed by atoms with Crippen LogP contribution >= 0.6 is 0 Å². The number of oxazole rings is 1. The van der Waals surface area contributed by atoms with Crippen LogP contribution in [0.5, 0.6) is 0 Å². The molecule has 6 heteroatoms. The zero-order valence-corrected chi connectivity index (χ0v) is 14.7. The van der Waals surface area contributed by atoms with E-state index in [2.05, 4.69) is 10.3 Å². The number of rotatable bonds is 8. The zero-order valence-electron chi connectivity index (χ0n) is 14.7. The molecule has 0 aliphatic heterocycles. The molecule has 0 bridgehead atoms. The van der Waals surface area contributed by atoms with Crippen molar-refractivity contribution in [1.82, 2.24) is 10.3 Å². The number of carbonyl (C=O) groups is 2. The smallest absolute Gasteiger partial charge is 0.303 e. The first-order chi connectivity index (χ1) is 13.1. The zero-order chi connectivity index (χ0) is 19.1. The number of hydrogen-bond acceptors (Lipinski definition) is 4. The topological polar surface area (TPSA) is 92.4 Å². The normalized spacial score (nSPS) is 11.7. The van der Waals surface area contributed by atoms with Crippen LogP contribution in [0.2, 0.25) is 0 Å². The van der Waals surface area contributed by atoms with Gasteiger partial charge in [-0.1, -0.05) is 48.5 Å². The molecule has 0 radical (unpaired) electrons. The van der Waals surface area contributed by atoms with E-state index in [1.54, 1.807) is 0 Å². The van der Waals surface area contributed by atoms with E-state index in [-0.39, 0.29) is 24.8 Å². The Bertz CT molecular complexity index is 891. The van der Waals surface area contributed by atoms with Gasteiger partial charge in [0.2, 0.25) is 11.8 Å². The van der Waals surface area contributed by atoms with E-state index in [0.29, 0.717) is 18.0 Å². The number of carboxylic acids is 1. The summed E-state index contributed by atoms with van der Waals surface area (Å²) in [6.07, 6.45) is 1.82. The summed E-state index contributed by atoms with van der Waals surface area (Å²) in [5.41, 5.74) is 2.24. The van der Waals surface area contributed by atoms with Crippen molar-refractivity contribution in [1.29, 1.82) is 0 Å². The van der Waals surface area contributed by atoms with Crippen LogP contribution in [-0.2, 0) is 16.0 Å². The van der Waals surface area contributed by atoms with Gasteiger partial charge < -0.3 is 14.8 Å². The number of benzene rings is 2. The maximum Gasteiger partial charge on any atom is 0.303 e. The summed E-state index contributed by atoms with van der Waals surface area (Å²) in [4.78, 5) is 27.7. The number of nitrogens with one attached hydrogen (secondary N) is 1. The second kappa shape index (κ2) is 8.80. The third kappa shape index (κ3) is 5.28. The van der Waals surface area contributed by atoms with Gasteiger partial charge in [0.05, 0.1) is 18.2 Å². The molecule has 3 aromatic rings. The maximum absolute atomic E-state index is 12.4. The summed E-state index contributed by atoms with van der Waals surface area (Å²) in [5.74, 6) is -0.666. The number of aromatic nitrogens is 1. The average molecular weight is 364 g/mol. The van der Waals surface area contributed by atoms with Crippen molar-refractivity contribution in [3.05, 3.63) is 78.2 Å². The fourth-order valence-electron chi connectivity index (χ4n) is 2.79. The molecular weight excluding hydrogens is 344 g/mol. The van der Waals surface area contributed by atoms with Gasteiger partial charge in [0.25, 0.3) is 0 Å². The van der Waals surface area contributed by atoms with Crippen molar-refractivity contribution < 1.29 is 19.1 Å². The van der Waals surface area contributed by atoms with Crippen LogP contribution in [0.15, 0.2) is 71.3 Å². The summed E-state index contributed by atoms with van der Waals surface area (Å²) >= 11 is 0. The Balaban J connectivity index is 1.65. The number of aliphatic carboxylic acids is 1. The molecule has 2 aromatic carbocycles. The SMILES string of the molecule is O=C(O)CCC(NC(=O)Cc1coc(-c2ccccc2)n1)c1ccccc1. The van der Waals surface area contributed by atoms with Crippen molar-refractivity contribution in [3.63, 3.8) is 0 Å². The predicted molar refractivity (Wildman–Crippen MR) is 99.8 cm³/mol. The van der Waals surface area contributed by atoms with Gasteiger partial charge in [0.15, 0.2) is 0 Å². The van der Waals surface area contributed by atoms with E-state index in [1.807, 2.05) is 60.7 Å². The van der Waals surface area contributed by atoms with Gasteiger partial charge in [-0.15, -0.1) is 0 Å². The largest absolute Gasteiger partial charge is 0.481 e. The summed E-state index contributed by atoms with van der Waals surface area (Å²) in [7, 11) is 0. The lowest BCUT2D eigenvalue weighted by molar-refractivity contribution is -0.137. The van der Waals surface area contributed by atoms with Crippen molar-refractivity contribution in [2.75, 3.05) is 0 Å². The Morgan fingerprint density at radius 3 is 2.37 bits per heavy atom. The van der Waals surface area contributed by atoms with E-state index in [4.69, 9.17) is 9.52 Å². The highest BCUT2D eigenvalue weighted by molar-refractivity contribution is 5.78. The van der Waals surface area contributed by atoms with Crippen LogP contribution in [0.3, 0.4) is 0 Å². The van der Waals surface area contributed by atoms with Crippen molar-refractivity contribution >= 4 is 11.9 Å². The second-order valence-corrected chi connectivity index (χ2v) is 6.15. The molecule has 3 rings (SSSR count). The Morgan fingerprint density at radius 2 is 1.70 bits per heavy atom. The molecule has 0 aliphatic carbocycles. The molecule has 1 atom stereocenters. The third-order valence-corrected chi connectivity index (χ3v) is 4.10. The first-order valence-corrected chi connectivity index (χ1v) is 8.68. The summed E-state index contributed by atoms with van der Waals surface area (Å²) in [6, 6.07) is 18.4. The van der Waals surface area contributed by atoms with Gasteiger partial charge in [-0.05, 0) is 24.1 Å². The van der Waals surface area contributed by atoms with Gasteiger partial charge in [-0.3, -0.25) is 9.59 Å². The van der Waals surface area contributed by atoms with E-state index < -0.39 is 5.97 Å². The molecule has 27 heavy (non-hydrogen) atoms. The molecule has 0 saturated carbocycles. The highest BCUT2D eigenvalue weighted by Crippen LogP contribution is 2.20. The van der Waals surface area contributed by atoms with E-state index in [0.717, 1.165) is 11.1 Å². The molecule has 0 spiro atoms. The molecule has 0 saturated heterocycles. The van der Waals surface area contributed by atoms with Crippen molar-refractivity contribution in [2.45, 2.75) is 25.3 Å². The Morgan fingerprint density at radius 1 is 1.04 bits per heavy atom. The monoisotopic (exact) mass is 364 g/mol. The lowest BCUT2D eigenvalue weighted by atomic mass is 10.0. The lowest BCUT2D eigenvalue weighted by Crippen LogP contribution is -2.30. The molecular formula is C21H20N2O4. The van der Waals surface area contributed by atoms with Crippen LogP contribution < -0.4 is 5.32 Å². The Hall–Kier alpha value is -3.41. The molecule has 138 valence electrons. The Kier molecular flexibility index (Phi) is 5.99. The number of hydrogen-bond donors (Lipinski definition) is 2. The highest BCUT2D eigenvalue weighted by Gasteiger charge is 2.17. The standard InChI is InChI=1S/C21H20N2O4/c24-19(13-17-14-27-21(22-17)16-9-5-2-6-10-16)23-18(11-12-20(25)26)15-7-3-1-4-8-15/h1-10,14,18H,11-13H2,(H,23,24)(H,25,26). The van der Waals surface area contributed by atoms with Crippen LogP contribution in [0.1, 0.15) is 30.1 Å². The molecule has 1 aromatic heterocycles. The molecule has 1 heterocycles. The van der Waals surface area contributed by atoms with Crippen LogP contribution in [-0.4, -0.2) is 22.0 Å². The first kappa shape index (κ1) is 18.4. The fourth-order valence-corrected chi connectivity index (χ4v) is 2.79. The number of carbonyl (C=O) groups excluding carboxylic acids is 1. The van der Waals surface area contributed by atoms with Gasteiger partial charge in [0, 0.05) is 12.0 Å². The number of amides is 1.